The number of anilines is 2. The van der Waals surface area contributed by atoms with Crippen LogP contribution >= 0.6 is 0 Å². The topological polar surface area (TPSA) is 28.2 Å². The summed E-state index contributed by atoms with van der Waals surface area (Å²) in [6.45, 7) is 0. The van der Waals surface area contributed by atoms with Crippen molar-refractivity contribution in [3.8, 4) is 11.3 Å². The first-order chi connectivity index (χ1) is 11.4. The zero-order chi connectivity index (χ0) is 15.4. The number of nitrogens with zero attached hydrogens (tertiary/aromatic N) is 2. The lowest BCUT2D eigenvalue weighted by Crippen LogP contribution is -2.33. The van der Waals surface area contributed by atoms with Gasteiger partial charge < -0.3 is 0 Å². The van der Waals surface area contributed by atoms with Crippen LogP contribution in [-0.4, -0.2) is 13.0 Å². The van der Waals surface area contributed by atoms with Gasteiger partial charge in [0.05, 0.1) is 22.6 Å². The van der Waals surface area contributed by atoms with Crippen LogP contribution in [0.25, 0.3) is 32.9 Å². The maximum absolute atomic E-state index is 4.99. The Morgan fingerprint density at radius 1 is 0.783 bits per heavy atom. The Morgan fingerprint density at radius 2 is 1.52 bits per heavy atom. The summed E-state index contributed by atoms with van der Waals surface area (Å²) in [5.74, 6) is 0. The monoisotopic (exact) mass is 295 g/mol. The van der Waals surface area contributed by atoms with Crippen molar-refractivity contribution in [3.63, 3.8) is 0 Å². The molecule has 0 unspecified atom stereocenters. The Hall–Kier alpha value is -2.85. The highest BCUT2D eigenvalue weighted by Gasteiger charge is 2.25. The van der Waals surface area contributed by atoms with Gasteiger partial charge in [0.25, 0.3) is 0 Å². The van der Waals surface area contributed by atoms with E-state index >= 15 is 0 Å². The molecular formula is C19H14BN3. The zero-order valence-corrected chi connectivity index (χ0v) is 12.7. The fraction of sp³-hybridized carbons (Fsp3) is 0. The Bertz CT molecular complexity index is 1070. The standard InChI is InChI=1S/C19H14BN3/c20-22-23-16-10-4-2-7-14(16)19-18-13(8-5-11-17(18)23)12-6-1-3-9-15(12)21-19/h1-11,22H,20H2. The molecule has 1 aliphatic rings. The van der Waals surface area contributed by atoms with Gasteiger partial charge in [0.2, 0.25) is 7.98 Å². The molecule has 2 heterocycles. The third-order valence-corrected chi connectivity index (χ3v) is 4.57. The van der Waals surface area contributed by atoms with Gasteiger partial charge in [-0.3, -0.25) is 10.3 Å². The summed E-state index contributed by atoms with van der Waals surface area (Å²) in [7, 11) is 1.95. The number of nitrogens with one attached hydrogen (secondary N) is 1. The van der Waals surface area contributed by atoms with Crippen LogP contribution in [0, 0.1) is 0 Å². The Balaban J connectivity index is 2.05. The molecule has 1 N–H and O–H groups in total. The minimum atomic E-state index is 1.04. The summed E-state index contributed by atoms with van der Waals surface area (Å²) >= 11 is 0. The smallest absolute Gasteiger partial charge is 0.208 e. The summed E-state index contributed by atoms with van der Waals surface area (Å²) in [6.07, 6.45) is 0. The third kappa shape index (κ3) is 1.61. The van der Waals surface area contributed by atoms with Gasteiger partial charge in [-0.1, -0.05) is 48.5 Å². The fourth-order valence-corrected chi connectivity index (χ4v) is 3.61. The minimum Gasteiger partial charge on any atom is -0.287 e. The second-order valence-corrected chi connectivity index (χ2v) is 5.75. The van der Waals surface area contributed by atoms with Crippen LogP contribution in [0.5, 0.6) is 0 Å². The maximum atomic E-state index is 4.99. The number of aromatic nitrogens is 1. The lowest BCUT2D eigenvalue weighted by molar-refractivity contribution is 0.980. The molecule has 5 rings (SSSR count). The number of hydrogen-bond donors (Lipinski definition) is 1. The van der Waals surface area contributed by atoms with Crippen molar-refractivity contribution in [3.05, 3.63) is 66.7 Å². The van der Waals surface area contributed by atoms with Crippen LogP contribution in [0.2, 0.25) is 0 Å². The molecule has 1 aliphatic heterocycles. The van der Waals surface area contributed by atoms with Crippen molar-refractivity contribution in [1.82, 2.24) is 10.3 Å². The lowest BCUT2D eigenvalue weighted by Gasteiger charge is -2.32. The van der Waals surface area contributed by atoms with Crippen LogP contribution in [0.15, 0.2) is 66.7 Å². The van der Waals surface area contributed by atoms with Crippen molar-refractivity contribution in [2.45, 2.75) is 0 Å². The van der Waals surface area contributed by atoms with Crippen molar-refractivity contribution in [2.24, 2.45) is 0 Å². The molecule has 0 saturated heterocycles. The molecule has 4 heteroatoms. The number of rotatable bonds is 1. The molecule has 0 aliphatic carbocycles. The van der Waals surface area contributed by atoms with Gasteiger partial charge >= 0.3 is 0 Å². The normalized spacial score (nSPS) is 12.6. The molecule has 0 fully saturated rings. The Kier molecular flexibility index (Phi) is 2.52. The predicted molar refractivity (Wildman–Crippen MR) is 98.5 cm³/mol. The molecule has 3 aromatic carbocycles. The highest BCUT2D eigenvalue weighted by atomic mass is 15.5. The van der Waals surface area contributed by atoms with E-state index in [0.29, 0.717) is 0 Å². The molecule has 0 spiro atoms. The summed E-state index contributed by atoms with van der Waals surface area (Å²) in [6, 6.07) is 23.2. The maximum Gasteiger partial charge on any atom is 0.208 e. The third-order valence-electron chi connectivity index (χ3n) is 4.57. The second kappa shape index (κ2) is 4.57. The van der Waals surface area contributed by atoms with Crippen LogP contribution in [0.1, 0.15) is 0 Å². The van der Waals surface area contributed by atoms with Gasteiger partial charge in [0.1, 0.15) is 0 Å². The molecule has 0 bridgehead atoms. The van der Waals surface area contributed by atoms with E-state index in [1.54, 1.807) is 0 Å². The first kappa shape index (κ1) is 12.7. The number of benzene rings is 3. The Labute approximate surface area is 135 Å². The van der Waals surface area contributed by atoms with Crippen molar-refractivity contribution >= 4 is 41.0 Å². The van der Waals surface area contributed by atoms with E-state index in [1.165, 1.54) is 16.2 Å². The summed E-state index contributed by atoms with van der Waals surface area (Å²) < 4.78 is 0. The Morgan fingerprint density at radius 3 is 2.43 bits per heavy atom. The van der Waals surface area contributed by atoms with Crippen LogP contribution in [0.4, 0.5) is 11.4 Å². The molecule has 108 valence electrons. The highest BCUT2D eigenvalue weighted by Crippen LogP contribution is 2.46. The molecule has 23 heavy (non-hydrogen) atoms. The summed E-state index contributed by atoms with van der Waals surface area (Å²) in [5.41, 5.74) is 5.56. The second-order valence-electron chi connectivity index (χ2n) is 5.75. The summed E-state index contributed by atoms with van der Waals surface area (Å²) in [4.78, 5) is 4.99. The van der Waals surface area contributed by atoms with E-state index in [2.05, 4.69) is 71.0 Å². The van der Waals surface area contributed by atoms with E-state index in [0.717, 1.165) is 28.1 Å². The van der Waals surface area contributed by atoms with E-state index in [-0.39, 0.29) is 0 Å². The van der Waals surface area contributed by atoms with Crippen LogP contribution in [0.3, 0.4) is 0 Å². The van der Waals surface area contributed by atoms with E-state index in [1.807, 2.05) is 14.0 Å². The largest absolute Gasteiger partial charge is 0.287 e. The molecule has 0 saturated carbocycles. The van der Waals surface area contributed by atoms with E-state index < -0.39 is 0 Å². The number of hydrogen-bond acceptors (Lipinski definition) is 3. The van der Waals surface area contributed by atoms with Gasteiger partial charge in [-0.2, -0.15) is 0 Å². The average Bonchev–Trinajstić information content (AvgIpc) is 2.62. The van der Waals surface area contributed by atoms with E-state index in [9.17, 15) is 0 Å². The number of pyridine rings is 1. The number of fused-ring (bicyclic) bond motifs is 4. The average molecular weight is 295 g/mol. The molecule has 1 aromatic heterocycles. The van der Waals surface area contributed by atoms with Crippen molar-refractivity contribution in [2.75, 3.05) is 5.01 Å². The summed E-state index contributed by atoms with van der Waals surface area (Å²) in [5, 5.41) is 9.11. The zero-order valence-electron chi connectivity index (χ0n) is 12.7. The number of hydrazine groups is 1. The van der Waals surface area contributed by atoms with Crippen LogP contribution in [-0.2, 0) is 0 Å². The molecule has 3 nitrogen and oxygen atoms in total. The molecule has 0 radical (unpaired) electrons. The minimum absolute atomic E-state index is 1.04. The fourth-order valence-electron chi connectivity index (χ4n) is 3.61. The van der Waals surface area contributed by atoms with Gasteiger partial charge in [-0.25, -0.2) is 4.98 Å². The van der Waals surface area contributed by atoms with Gasteiger partial charge in [0.15, 0.2) is 0 Å². The van der Waals surface area contributed by atoms with E-state index in [4.69, 9.17) is 4.98 Å². The molecule has 4 aromatic rings. The van der Waals surface area contributed by atoms with Crippen LogP contribution < -0.4 is 10.3 Å². The SMILES string of the molecule is BNN1c2ccccc2-c2nc3ccccc3c3cccc1c23. The molecular weight excluding hydrogens is 281 g/mol. The highest BCUT2D eigenvalue weighted by molar-refractivity contribution is 6.19. The van der Waals surface area contributed by atoms with Crippen molar-refractivity contribution < 1.29 is 0 Å². The quantitative estimate of drug-likeness (QED) is 0.430. The van der Waals surface area contributed by atoms with Gasteiger partial charge in [0, 0.05) is 16.3 Å². The lowest BCUT2D eigenvalue weighted by atomic mass is 9.94. The van der Waals surface area contributed by atoms with Crippen molar-refractivity contribution in [1.29, 1.82) is 0 Å². The molecule has 0 amide bonds. The first-order valence-corrected chi connectivity index (χ1v) is 7.77. The van der Waals surface area contributed by atoms with Gasteiger partial charge in [-0.15, -0.1) is 0 Å². The first-order valence-electron chi connectivity index (χ1n) is 7.77. The van der Waals surface area contributed by atoms with Gasteiger partial charge in [-0.05, 0) is 23.6 Å². The predicted octanol–water partition coefficient (Wildman–Crippen LogP) is 3.56. The number of para-hydroxylation sites is 2. The molecule has 0 atom stereocenters.